The Morgan fingerprint density at radius 3 is 2.79 bits per heavy atom. The quantitative estimate of drug-likeness (QED) is 0.900. The highest BCUT2D eigenvalue weighted by molar-refractivity contribution is 5.79. The van der Waals surface area contributed by atoms with Crippen LogP contribution in [0, 0.1) is 17.7 Å². The minimum Gasteiger partial charge on any atom is -0.375 e. The van der Waals surface area contributed by atoms with Gasteiger partial charge in [0.1, 0.15) is 5.82 Å². The monoisotopic (exact) mass is 332 g/mol. The van der Waals surface area contributed by atoms with Crippen LogP contribution in [0.3, 0.4) is 0 Å². The number of ether oxygens (including phenoxy) is 1. The average Bonchev–Trinajstić information content (AvgIpc) is 3.31. The fraction of sp³-hybridized carbons (Fsp3) is 0.632. The first-order chi connectivity index (χ1) is 11.7. The summed E-state index contributed by atoms with van der Waals surface area (Å²) in [6.07, 6.45) is 4.34. The van der Waals surface area contributed by atoms with Gasteiger partial charge < -0.3 is 10.1 Å². The van der Waals surface area contributed by atoms with Crippen LogP contribution in [0.4, 0.5) is 4.39 Å². The van der Waals surface area contributed by atoms with Gasteiger partial charge in [0.05, 0.1) is 12.7 Å². The summed E-state index contributed by atoms with van der Waals surface area (Å²) < 4.78 is 19.0. The number of morpholine rings is 1. The largest absolute Gasteiger partial charge is 0.375 e. The zero-order valence-corrected chi connectivity index (χ0v) is 13.9. The number of hydrogen-bond donors (Lipinski definition) is 1. The summed E-state index contributed by atoms with van der Waals surface area (Å²) in [5.41, 5.74) is 1.11. The molecule has 0 aromatic heterocycles. The summed E-state index contributed by atoms with van der Waals surface area (Å²) in [6, 6.07) is 7.00. The third kappa shape index (κ3) is 3.62. The Balaban J connectivity index is 1.36. The SMILES string of the molecule is O=C(NCC1CC1)[C@H]1C[C@@H]2[C@@H](C1)OCCN2Cc1ccc(F)cc1. The predicted molar refractivity (Wildman–Crippen MR) is 88.8 cm³/mol. The normalized spacial score (nSPS) is 30.1. The van der Waals surface area contributed by atoms with Crippen molar-refractivity contribution in [2.75, 3.05) is 19.7 Å². The molecule has 5 heteroatoms. The minimum absolute atomic E-state index is 0.0626. The van der Waals surface area contributed by atoms with Crippen LogP contribution in [-0.2, 0) is 16.1 Å². The molecule has 3 atom stereocenters. The second-order valence-corrected chi connectivity index (χ2v) is 7.43. The molecule has 0 radical (unpaired) electrons. The van der Waals surface area contributed by atoms with Crippen molar-refractivity contribution in [1.29, 1.82) is 0 Å². The molecule has 3 fully saturated rings. The molecular formula is C19H25FN2O2. The first-order valence-electron chi connectivity index (χ1n) is 9.07. The molecule has 1 amide bonds. The predicted octanol–water partition coefficient (Wildman–Crippen LogP) is 2.33. The Kier molecular flexibility index (Phi) is 4.55. The lowest BCUT2D eigenvalue weighted by Crippen LogP contribution is -2.47. The van der Waals surface area contributed by atoms with Gasteiger partial charge >= 0.3 is 0 Å². The van der Waals surface area contributed by atoms with E-state index in [1.807, 2.05) is 12.1 Å². The number of halogens is 1. The zero-order chi connectivity index (χ0) is 16.5. The lowest BCUT2D eigenvalue weighted by atomic mass is 10.1. The molecule has 0 bridgehead atoms. The highest BCUT2D eigenvalue weighted by Gasteiger charge is 2.43. The van der Waals surface area contributed by atoms with Crippen molar-refractivity contribution < 1.29 is 13.9 Å². The molecule has 3 aliphatic rings. The Labute approximate surface area is 142 Å². The van der Waals surface area contributed by atoms with Crippen LogP contribution in [0.15, 0.2) is 24.3 Å². The van der Waals surface area contributed by atoms with Crippen LogP contribution in [0.2, 0.25) is 0 Å². The van der Waals surface area contributed by atoms with E-state index in [-0.39, 0.29) is 23.7 Å². The maximum atomic E-state index is 13.1. The standard InChI is InChI=1S/C19H25FN2O2/c20-16-5-3-14(4-6-16)12-22-7-8-24-18-10-15(9-17(18)22)19(23)21-11-13-1-2-13/h3-6,13,15,17-18H,1-2,7-12H2,(H,21,23)/t15-,17+,18+/m0/s1. The molecular weight excluding hydrogens is 307 g/mol. The second kappa shape index (κ2) is 6.81. The van der Waals surface area contributed by atoms with Gasteiger partial charge in [0.2, 0.25) is 5.91 Å². The van der Waals surface area contributed by atoms with E-state index in [0.717, 1.165) is 38.0 Å². The van der Waals surface area contributed by atoms with Crippen molar-refractivity contribution >= 4 is 5.91 Å². The minimum atomic E-state index is -0.202. The summed E-state index contributed by atoms with van der Waals surface area (Å²) in [5, 5.41) is 3.11. The lowest BCUT2D eigenvalue weighted by molar-refractivity contribution is -0.125. The Morgan fingerprint density at radius 1 is 1.25 bits per heavy atom. The molecule has 1 aromatic rings. The summed E-state index contributed by atoms with van der Waals surface area (Å²) >= 11 is 0. The van der Waals surface area contributed by atoms with E-state index in [4.69, 9.17) is 4.74 Å². The molecule has 1 N–H and O–H groups in total. The van der Waals surface area contributed by atoms with Gasteiger partial charge in [0, 0.05) is 31.6 Å². The maximum absolute atomic E-state index is 13.1. The molecule has 1 aromatic carbocycles. The van der Waals surface area contributed by atoms with Crippen LogP contribution in [-0.4, -0.2) is 42.6 Å². The van der Waals surface area contributed by atoms with E-state index in [9.17, 15) is 9.18 Å². The number of nitrogens with zero attached hydrogens (tertiary/aromatic N) is 1. The zero-order valence-electron chi connectivity index (χ0n) is 13.9. The highest BCUT2D eigenvalue weighted by atomic mass is 19.1. The Bertz CT molecular complexity index is 588. The third-order valence-corrected chi connectivity index (χ3v) is 5.58. The topological polar surface area (TPSA) is 41.6 Å². The van der Waals surface area contributed by atoms with Gasteiger partial charge in [-0.1, -0.05) is 12.1 Å². The molecule has 2 aliphatic carbocycles. The van der Waals surface area contributed by atoms with Crippen molar-refractivity contribution in [3.8, 4) is 0 Å². The summed E-state index contributed by atoms with van der Waals surface area (Å²) in [5.74, 6) is 0.768. The van der Waals surface area contributed by atoms with E-state index in [0.29, 0.717) is 18.6 Å². The number of fused-ring (bicyclic) bond motifs is 1. The molecule has 1 aliphatic heterocycles. The first kappa shape index (κ1) is 16.0. The van der Waals surface area contributed by atoms with Gasteiger partial charge in [0.25, 0.3) is 0 Å². The van der Waals surface area contributed by atoms with Crippen LogP contribution in [0.25, 0.3) is 0 Å². The van der Waals surface area contributed by atoms with Crippen molar-refractivity contribution in [2.45, 2.75) is 44.4 Å². The van der Waals surface area contributed by atoms with Crippen LogP contribution < -0.4 is 5.32 Å². The Hall–Kier alpha value is -1.46. The molecule has 24 heavy (non-hydrogen) atoms. The van der Waals surface area contributed by atoms with Crippen LogP contribution >= 0.6 is 0 Å². The van der Waals surface area contributed by atoms with Gasteiger partial charge in [0.15, 0.2) is 0 Å². The molecule has 1 saturated heterocycles. The van der Waals surface area contributed by atoms with Crippen molar-refractivity contribution in [1.82, 2.24) is 10.2 Å². The smallest absolute Gasteiger partial charge is 0.223 e. The van der Waals surface area contributed by atoms with Gasteiger partial charge in [-0.15, -0.1) is 0 Å². The number of rotatable bonds is 5. The van der Waals surface area contributed by atoms with E-state index in [2.05, 4.69) is 10.2 Å². The number of hydrogen-bond acceptors (Lipinski definition) is 3. The van der Waals surface area contributed by atoms with E-state index in [1.54, 1.807) is 0 Å². The van der Waals surface area contributed by atoms with E-state index in [1.165, 1.54) is 25.0 Å². The van der Waals surface area contributed by atoms with E-state index >= 15 is 0 Å². The van der Waals surface area contributed by atoms with Gasteiger partial charge in [-0.2, -0.15) is 0 Å². The van der Waals surface area contributed by atoms with E-state index < -0.39 is 0 Å². The van der Waals surface area contributed by atoms with Gasteiger partial charge in [-0.05, 0) is 49.3 Å². The van der Waals surface area contributed by atoms with Crippen molar-refractivity contribution in [3.05, 3.63) is 35.6 Å². The molecule has 130 valence electrons. The van der Waals surface area contributed by atoms with Crippen LogP contribution in [0.1, 0.15) is 31.2 Å². The molecule has 4 nitrogen and oxygen atoms in total. The molecule has 1 heterocycles. The number of carbonyl (C=O) groups excluding carboxylic acids is 1. The summed E-state index contributed by atoms with van der Waals surface area (Å²) in [6.45, 7) is 3.21. The van der Waals surface area contributed by atoms with Gasteiger partial charge in [-0.3, -0.25) is 9.69 Å². The molecule has 0 spiro atoms. The van der Waals surface area contributed by atoms with Crippen molar-refractivity contribution in [3.63, 3.8) is 0 Å². The summed E-state index contributed by atoms with van der Waals surface area (Å²) in [7, 11) is 0. The maximum Gasteiger partial charge on any atom is 0.223 e. The number of amides is 1. The lowest BCUT2D eigenvalue weighted by Gasteiger charge is -2.37. The molecule has 2 saturated carbocycles. The number of benzene rings is 1. The molecule has 0 unspecified atom stereocenters. The Morgan fingerprint density at radius 2 is 2.04 bits per heavy atom. The molecule has 4 rings (SSSR count). The average molecular weight is 332 g/mol. The highest BCUT2D eigenvalue weighted by Crippen LogP contribution is 2.35. The fourth-order valence-corrected chi connectivity index (χ4v) is 3.97. The fourth-order valence-electron chi connectivity index (χ4n) is 3.97. The van der Waals surface area contributed by atoms with Crippen molar-refractivity contribution in [2.24, 2.45) is 11.8 Å². The first-order valence-corrected chi connectivity index (χ1v) is 9.07. The third-order valence-electron chi connectivity index (χ3n) is 5.58. The summed E-state index contributed by atoms with van der Waals surface area (Å²) in [4.78, 5) is 14.8. The van der Waals surface area contributed by atoms with Gasteiger partial charge in [-0.25, -0.2) is 4.39 Å². The second-order valence-electron chi connectivity index (χ2n) is 7.43. The number of carbonyl (C=O) groups is 1. The van der Waals surface area contributed by atoms with Crippen LogP contribution in [0.5, 0.6) is 0 Å². The number of nitrogens with one attached hydrogen (secondary N) is 1.